The normalized spacial score (nSPS) is 11.5. The summed E-state index contributed by atoms with van der Waals surface area (Å²) in [6.07, 6.45) is 4.76. The van der Waals surface area contributed by atoms with Crippen LogP contribution in [0.25, 0.3) is 0 Å². The summed E-state index contributed by atoms with van der Waals surface area (Å²) in [7, 11) is 0. The highest BCUT2D eigenvalue weighted by Crippen LogP contribution is 2.04. The van der Waals surface area contributed by atoms with E-state index in [1.165, 1.54) is 0 Å². The Kier molecular flexibility index (Phi) is 4.39. The predicted molar refractivity (Wildman–Crippen MR) is 59.3 cm³/mol. The van der Waals surface area contributed by atoms with Gasteiger partial charge >= 0.3 is 0 Å². The van der Waals surface area contributed by atoms with Crippen molar-refractivity contribution in [2.75, 3.05) is 11.9 Å². The molecule has 15 heavy (non-hydrogen) atoms. The van der Waals surface area contributed by atoms with Gasteiger partial charge in [0.2, 0.25) is 5.91 Å². The summed E-state index contributed by atoms with van der Waals surface area (Å²) in [5.74, 6) is 2.18. The van der Waals surface area contributed by atoms with E-state index in [1.807, 2.05) is 30.3 Å². The lowest BCUT2D eigenvalue weighted by molar-refractivity contribution is -0.121. The van der Waals surface area contributed by atoms with Crippen molar-refractivity contribution in [2.24, 2.45) is 0 Å². The van der Waals surface area contributed by atoms with Gasteiger partial charge in [-0.15, -0.1) is 6.42 Å². The number of carbonyl (C=O) groups is 1. The molecule has 0 saturated heterocycles. The molecule has 0 fully saturated rings. The predicted octanol–water partition coefficient (Wildman–Crippen LogP) is 1.66. The topological polar surface area (TPSA) is 38.3 Å². The quantitative estimate of drug-likeness (QED) is 0.756. The van der Waals surface area contributed by atoms with Gasteiger partial charge in [0, 0.05) is 5.69 Å². The van der Waals surface area contributed by atoms with E-state index < -0.39 is 0 Å². The van der Waals surface area contributed by atoms with Crippen molar-refractivity contribution >= 4 is 11.6 Å². The fourth-order valence-corrected chi connectivity index (χ4v) is 0.967. The first-order valence-electron chi connectivity index (χ1n) is 4.65. The molecule has 3 heteroatoms. The maximum atomic E-state index is 11.3. The Bertz CT molecular complexity index is 354. The van der Waals surface area contributed by atoms with Crippen LogP contribution >= 0.6 is 0 Å². The SMILES string of the molecule is C#CC(C)OCC(=O)Nc1ccccc1. The highest BCUT2D eigenvalue weighted by atomic mass is 16.5. The number of hydrogen-bond acceptors (Lipinski definition) is 2. The van der Waals surface area contributed by atoms with Gasteiger partial charge in [0.05, 0.1) is 0 Å². The molecule has 3 nitrogen and oxygen atoms in total. The van der Waals surface area contributed by atoms with Crippen molar-refractivity contribution in [3.63, 3.8) is 0 Å². The fraction of sp³-hybridized carbons (Fsp3) is 0.250. The van der Waals surface area contributed by atoms with Gasteiger partial charge in [-0.3, -0.25) is 4.79 Å². The van der Waals surface area contributed by atoms with Crippen molar-refractivity contribution in [3.05, 3.63) is 30.3 Å². The molecule has 78 valence electrons. The van der Waals surface area contributed by atoms with Crippen LogP contribution in [0.4, 0.5) is 5.69 Å². The van der Waals surface area contributed by atoms with Gasteiger partial charge in [-0.25, -0.2) is 0 Å². The zero-order valence-corrected chi connectivity index (χ0v) is 8.57. The summed E-state index contributed by atoms with van der Waals surface area (Å²) in [5, 5.41) is 2.69. The summed E-state index contributed by atoms with van der Waals surface area (Å²) >= 11 is 0. The Labute approximate surface area is 89.4 Å². The number of nitrogens with one attached hydrogen (secondary N) is 1. The monoisotopic (exact) mass is 203 g/mol. The molecule has 1 amide bonds. The van der Waals surface area contributed by atoms with Gasteiger partial charge in [0.15, 0.2) is 0 Å². The van der Waals surface area contributed by atoms with E-state index in [4.69, 9.17) is 11.2 Å². The van der Waals surface area contributed by atoms with Gasteiger partial charge in [0.1, 0.15) is 12.7 Å². The van der Waals surface area contributed by atoms with Crippen molar-refractivity contribution in [2.45, 2.75) is 13.0 Å². The van der Waals surface area contributed by atoms with Crippen LogP contribution in [0.5, 0.6) is 0 Å². The highest BCUT2D eigenvalue weighted by Gasteiger charge is 2.04. The minimum Gasteiger partial charge on any atom is -0.356 e. The maximum Gasteiger partial charge on any atom is 0.250 e. The zero-order chi connectivity index (χ0) is 11.1. The molecule has 1 aromatic carbocycles. The summed E-state index contributed by atoms with van der Waals surface area (Å²) < 4.78 is 5.08. The molecule has 0 saturated carbocycles. The standard InChI is InChI=1S/C12H13NO2/c1-3-10(2)15-9-12(14)13-11-7-5-4-6-8-11/h1,4-8,10H,9H2,2H3,(H,13,14). The van der Waals surface area contributed by atoms with E-state index in [-0.39, 0.29) is 18.6 Å². The van der Waals surface area contributed by atoms with Crippen LogP contribution in [0, 0.1) is 12.3 Å². The molecule has 0 aliphatic carbocycles. The van der Waals surface area contributed by atoms with Crippen LogP contribution in [-0.2, 0) is 9.53 Å². The zero-order valence-electron chi connectivity index (χ0n) is 8.57. The third kappa shape index (κ3) is 4.30. The van der Waals surface area contributed by atoms with Crippen molar-refractivity contribution < 1.29 is 9.53 Å². The first-order chi connectivity index (χ1) is 7.22. The molecule has 1 aromatic rings. The van der Waals surface area contributed by atoms with Crippen LogP contribution in [0.15, 0.2) is 30.3 Å². The van der Waals surface area contributed by atoms with E-state index in [2.05, 4.69) is 11.2 Å². The number of anilines is 1. The molecule has 0 radical (unpaired) electrons. The lowest BCUT2D eigenvalue weighted by Crippen LogP contribution is -2.21. The molecule has 0 bridgehead atoms. The van der Waals surface area contributed by atoms with E-state index >= 15 is 0 Å². The second kappa shape index (κ2) is 5.84. The Hall–Kier alpha value is -1.79. The molecule has 1 atom stereocenters. The lowest BCUT2D eigenvalue weighted by atomic mass is 10.3. The molecule has 0 spiro atoms. The van der Waals surface area contributed by atoms with E-state index in [0.717, 1.165) is 5.69 Å². The number of terminal acetylenes is 1. The van der Waals surface area contributed by atoms with Crippen molar-refractivity contribution in [1.29, 1.82) is 0 Å². The first kappa shape index (κ1) is 11.3. The highest BCUT2D eigenvalue weighted by molar-refractivity contribution is 5.91. The molecular formula is C12H13NO2. The fourth-order valence-electron chi connectivity index (χ4n) is 0.967. The molecule has 0 aromatic heterocycles. The average molecular weight is 203 g/mol. The van der Waals surface area contributed by atoms with Crippen LogP contribution in [-0.4, -0.2) is 18.6 Å². The number of amides is 1. The summed E-state index contributed by atoms with van der Waals surface area (Å²) in [6, 6.07) is 9.19. The number of rotatable bonds is 4. The van der Waals surface area contributed by atoms with Gasteiger partial charge < -0.3 is 10.1 Å². The summed E-state index contributed by atoms with van der Waals surface area (Å²) in [6.45, 7) is 1.69. The second-order valence-corrected chi connectivity index (χ2v) is 3.03. The van der Waals surface area contributed by atoms with E-state index in [0.29, 0.717) is 0 Å². The second-order valence-electron chi connectivity index (χ2n) is 3.03. The van der Waals surface area contributed by atoms with Crippen molar-refractivity contribution in [3.8, 4) is 12.3 Å². The third-order valence-electron chi connectivity index (χ3n) is 1.76. The Balaban J connectivity index is 2.35. The molecule has 1 N–H and O–H groups in total. The number of benzene rings is 1. The van der Waals surface area contributed by atoms with Crippen LogP contribution < -0.4 is 5.32 Å². The number of hydrogen-bond donors (Lipinski definition) is 1. The van der Waals surface area contributed by atoms with Crippen LogP contribution in [0.1, 0.15) is 6.92 Å². The smallest absolute Gasteiger partial charge is 0.250 e. The lowest BCUT2D eigenvalue weighted by Gasteiger charge is -2.07. The molecular weight excluding hydrogens is 190 g/mol. The largest absolute Gasteiger partial charge is 0.356 e. The Morgan fingerprint density at radius 1 is 1.53 bits per heavy atom. The Morgan fingerprint density at radius 3 is 2.80 bits per heavy atom. The van der Waals surface area contributed by atoms with Crippen LogP contribution in [0.2, 0.25) is 0 Å². The van der Waals surface area contributed by atoms with Gasteiger partial charge in [0.25, 0.3) is 0 Å². The number of ether oxygens (including phenoxy) is 1. The van der Waals surface area contributed by atoms with Gasteiger partial charge in [-0.1, -0.05) is 24.1 Å². The van der Waals surface area contributed by atoms with E-state index in [9.17, 15) is 4.79 Å². The van der Waals surface area contributed by atoms with Gasteiger partial charge in [-0.05, 0) is 19.1 Å². The molecule has 0 aliphatic rings. The van der Waals surface area contributed by atoms with Gasteiger partial charge in [-0.2, -0.15) is 0 Å². The molecule has 0 heterocycles. The third-order valence-corrected chi connectivity index (χ3v) is 1.76. The molecule has 1 unspecified atom stereocenters. The molecule has 1 rings (SSSR count). The number of para-hydroxylation sites is 1. The summed E-state index contributed by atoms with van der Waals surface area (Å²) in [5.41, 5.74) is 0.750. The van der Waals surface area contributed by atoms with E-state index in [1.54, 1.807) is 6.92 Å². The average Bonchev–Trinajstić information content (AvgIpc) is 2.27. The van der Waals surface area contributed by atoms with Crippen molar-refractivity contribution in [1.82, 2.24) is 0 Å². The summed E-state index contributed by atoms with van der Waals surface area (Å²) in [4.78, 5) is 11.3. The first-order valence-corrected chi connectivity index (χ1v) is 4.65. The Morgan fingerprint density at radius 2 is 2.20 bits per heavy atom. The molecule has 0 aliphatic heterocycles. The number of carbonyl (C=O) groups excluding carboxylic acids is 1. The minimum atomic E-state index is -0.341. The maximum absolute atomic E-state index is 11.3. The van der Waals surface area contributed by atoms with Crippen LogP contribution in [0.3, 0.4) is 0 Å². The minimum absolute atomic E-state index is 0.0275.